The molecule has 2 bridgehead atoms. The molecule has 9 nitrogen and oxygen atoms in total. The van der Waals surface area contributed by atoms with Crippen molar-refractivity contribution in [3.8, 4) is 11.8 Å². The fraction of sp³-hybridized carbons (Fsp3) is 0.524. The van der Waals surface area contributed by atoms with Gasteiger partial charge in [-0.3, -0.25) is 0 Å². The Morgan fingerprint density at radius 2 is 1.81 bits per heavy atom. The smallest absolute Gasteiger partial charge is 0.416 e. The maximum atomic E-state index is 13.1. The van der Waals surface area contributed by atoms with Crippen molar-refractivity contribution in [2.75, 3.05) is 23.3 Å². The minimum absolute atomic E-state index is 0.0924. The van der Waals surface area contributed by atoms with Gasteiger partial charge in [-0.1, -0.05) is 11.2 Å². The summed E-state index contributed by atoms with van der Waals surface area (Å²) in [5, 5.41) is 14.9. The first-order chi connectivity index (χ1) is 16.9. The number of hydrogen-bond acceptors (Lipinski definition) is 8. The highest BCUT2D eigenvalue weighted by molar-refractivity contribution is 5.36. The summed E-state index contributed by atoms with van der Waals surface area (Å²) >= 11 is 0. The van der Waals surface area contributed by atoms with E-state index in [1.165, 1.54) is 6.07 Å². The van der Waals surface area contributed by atoms with E-state index in [4.69, 9.17) is 9.15 Å². The topological polar surface area (TPSA) is 94.1 Å². The summed E-state index contributed by atoms with van der Waals surface area (Å²) in [5.74, 6) is 0.294. The van der Waals surface area contributed by atoms with E-state index in [2.05, 4.69) is 25.6 Å². The Hall–Kier alpha value is -3.52. The second-order valence-electron chi connectivity index (χ2n) is 8.89. The third-order valence-corrected chi connectivity index (χ3v) is 6.25. The van der Waals surface area contributed by atoms with E-state index in [1.807, 2.05) is 4.90 Å². The number of ether oxygens (including phenoxy) is 1. The Bertz CT molecular complexity index is 1210. The first-order valence-electron chi connectivity index (χ1n) is 11.1. The molecule has 5 rings (SSSR count). The first kappa shape index (κ1) is 24.2. The van der Waals surface area contributed by atoms with Crippen LogP contribution in [0.25, 0.3) is 0 Å². The van der Waals surface area contributed by atoms with Crippen molar-refractivity contribution in [2.45, 2.75) is 44.7 Å². The van der Waals surface area contributed by atoms with Gasteiger partial charge in [0.2, 0.25) is 11.8 Å². The summed E-state index contributed by atoms with van der Waals surface area (Å²) in [6.45, 7) is 1.39. The third-order valence-electron chi connectivity index (χ3n) is 6.25. The van der Waals surface area contributed by atoms with Crippen LogP contribution >= 0.6 is 0 Å². The van der Waals surface area contributed by atoms with Crippen molar-refractivity contribution < 1.29 is 35.5 Å². The first-order valence-corrected chi connectivity index (χ1v) is 11.1. The predicted octanol–water partition coefficient (Wildman–Crippen LogP) is 4.67. The number of piperidine rings is 1. The Morgan fingerprint density at radius 1 is 1.08 bits per heavy atom. The van der Waals surface area contributed by atoms with Gasteiger partial charge in [0.1, 0.15) is 12.3 Å². The van der Waals surface area contributed by atoms with Gasteiger partial charge < -0.3 is 19.4 Å². The zero-order chi connectivity index (χ0) is 25.7. The molecule has 1 aromatic carbocycles. The Morgan fingerprint density at radius 3 is 2.42 bits per heavy atom. The van der Waals surface area contributed by atoms with Gasteiger partial charge in [0.15, 0.2) is 0 Å². The van der Waals surface area contributed by atoms with Crippen molar-refractivity contribution in [1.29, 1.82) is 0 Å². The molecule has 15 heteroatoms. The molecule has 3 aromatic rings. The minimum Gasteiger partial charge on any atom is -0.424 e. The molecule has 194 valence electrons. The van der Waals surface area contributed by atoms with Crippen LogP contribution in [-0.4, -0.2) is 50.3 Å². The van der Waals surface area contributed by atoms with Crippen molar-refractivity contribution in [3.63, 3.8) is 0 Å². The lowest BCUT2D eigenvalue weighted by molar-refractivity contribution is -0.143. The molecule has 1 aliphatic carbocycles. The molecule has 36 heavy (non-hydrogen) atoms. The zero-order valence-corrected chi connectivity index (χ0v) is 18.8. The Balaban J connectivity index is 1.35. The number of halogens is 6. The Kier molecular flexibility index (Phi) is 5.95. The molecule has 3 heterocycles. The summed E-state index contributed by atoms with van der Waals surface area (Å²) in [7, 11) is 0. The molecule has 0 radical (unpaired) electrons. The van der Waals surface area contributed by atoms with E-state index in [0.29, 0.717) is 35.7 Å². The van der Waals surface area contributed by atoms with Crippen LogP contribution in [0, 0.1) is 18.8 Å². The van der Waals surface area contributed by atoms with E-state index in [-0.39, 0.29) is 29.6 Å². The summed E-state index contributed by atoms with van der Waals surface area (Å²) in [6.07, 6.45) is -7.53. The molecule has 2 aliphatic rings. The fourth-order valence-electron chi connectivity index (χ4n) is 4.76. The Labute approximate surface area is 200 Å². The molecular formula is C21H21F6N7O2. The predicted molar refractivity (Wildman–Crippen MR) is 112 cm³/mol. The van der Waals surface area contributed by atoms with Gasteiger partial charge in [-0.25, -0.2) is 4.68 Å². The number of rotatable bonds is 6. The standard InChI is InChI=1S/C21H21F6N7O2/c1-11-30-31-19(35-11)33-8-12-5-6-13(9-33)16(12)28-17-29-18(34(32-17)10-20(22,23)24)36-15-4-2-3-14(7-15)21(25,26)27/h2-4,7,12-13,16H,5-6,8-10H2,1H3,(H,28,32)/t12-,13+,16-. The summed E-state index contributed by atoms with van der Waals surface area (Å²) < 4.78 is 89.8. The molecule has 0 amide bonds. The second-order valence-corrected chi connectivity index (χ2v) is 8.89. The zero-order valence-electron chi connectivity index (χ0n) is 18.8. The number of fused-ring (bicyclic) bond motifs is 2. The third kappa shape index (κ3) is 5.18. The molecule has 1 saturated heterocycles. The molecular weight excluding hydrogens is 496 g/mol. The maximum Gasteiger partial charge on any atom is 0.416 e. The van der Waals surface area contributed by atoms with Gasteiger partial charge in [-0.05, 0) is 42.9 Å². The van der Waals surface area contributed by atoms with Crippen LogP contribution in [0.2, 0.25) is 0 Å². The molecule has 1 N–H and O–H groups in total. The van der Waals surface area contributed by atoms with E-state index in [0.717, 1.165) is 25.0 Å². The van der Waals surface area contributed by atoms with Crippen LogP contribution in [0.4, 0.5) is 38.3 Å². The van der Waals surface area contributed by atoms with Gasteiger partial charge in [-0.15, -0.1) is 10.2 Å². The highest BCUT2D eigenvalue weighted by Gasteiger charge is 2.44. The summed E-state index contributed by atoms with van der Waals surface area (Å²) in [5.41, 5.74) is -1.000. The molecule has 0 spiro atoms. The number of nitrogens with one attached hydrogen (secondary N) is 1. The SMILES string of the molecule is Cc1nnc(N2C[C@H]3CC[C@@H](C2)[C@@H]3Nc2nc(Oc3cccc(C(F)(F)F)c3)n(CC(F)(F)F)n2)o1. The van der Waals surface area contributed by atoms with Crippen molar-refractivity contribution >= 4 is 12.0 Å². The van der Waals surface area contributed by atoms with Crippen LogP contribution in [0.15, 0.2) is 28.7 Å². The molecule has 1 saturated carbocycles. The van der Waals surface area contributed by atoms with Crippen molar-refractivity contribution in [1.82, 2.24) is 25.0 Å². The van der Waals surface area contributed by atoms with Gasteiger partial charge in [0.25, 0.3) is 0 Å². The lowest BCUT2D eigenvalue weighted by atomic mass is 9.92. The average molecular weight is 517 g/mol. The lowest BCUT2D eigenvalue weighted by Gasteiger charge is -2.37. The van der Waals surface area contributed by atoms with Crippen LogP contribution < -0.4 is 15.0 Å². The summed E-state index contributed by atoms with van der Waals surface area (Å²) in [6, 6.07) is 3.55. The number of aryl methyl sites for hydroxylation is 1. The maximum absolute atomic E-state index is 13.1. The van der Waals surface area contributed by atoms with Crippen LogP contribution in [0.3, 0.4) is 0 Å². The number of anilines is 2. The largest absolute Gasteiger partial charge is 0.424 e. The monoisotopic (exact) mass is 517 g/mol. The lowest BCUT2D eigenvalue weighted by Crippen LogP contribution is -2.48. The normalized spacial score (nSPS) is 22.2. The number of alkyl halides is 6. The van der Waals surface area contributed by atoms with Crippen LogP contribution in [0.1, 0.15) is 24.3 Å². The van der Waals surface area contributed by atoms with E-state index < -0.39 is 30.5 Å². The van der Waals surface area contributed by atoms with Crippen LogP contribution in [-0.2, 0) is 12.7 Å². The number of aromatic nitrogens is 5. The van der Waals surface area contributed by atoms with Gasteiger partial charge >= 0.3 is 24.4 Å². The van der Waals surface area contributed by atoms with Gasteiger partial charge in [0, 0.05) is 26.1 Å². The molecule has 0 unspecified atom stereocenters. The minimum atomic E-state index is -4.65. The van der Waals surface area contributed by atoms with Crippen LogP contribution in [0.5, 0.6) is 11.8 Å². The second kappa shape index (κ2) is 8.85. The van der Waals surface area contributed by atoms with E-state index in [9.17, 15) is 26.3 Å². The van der Waals surface area contributed by atoms with Crippen molar-refractivity contribution in [3.05, 3.63) is 35.7 Å². The summed E-state index contributed by atoms with van der Waals surface area (Å²) in [4.78, 5) is 6.02. The number of benzene rings is 1. The van der Waals surface area contributed by atoms with Crippen molar-refractivity contribution in [2.24, 2.45) is 11.8 Å². The molecule has 3 atom stereocenters. The molecule has 2 aromatic heterocycles. The number of nitrogens with zero attached hydrogens (tertiary/aromatic N) is 6. The average Bonchev–Trinajstić information content (AvgIpc) is 3.43. The quantitative estimate of drug-likeness (QED) is 0.472. The highest BCUT2D eigenvalue weighted by atomic mass is 19.4. The van der Waals surface area contributed by atoms with Gasteiger partial charge in [0.05, 0.1) is 5.56 Å². The molecule has 1 aliphatic heterocycles. The molecule has 2 fully saturated rings. The fourth-order valence-corrected chi connectivity index (χ4v) is 4.76. The number of hydrogen-bond donors (Lipinski definition) is 1. The highest BCUT2D eigenvalue weighted by Crippen LogP contribution is 2.40. The van der Waals surface area contributed by atoms with E-state index >= 15 is 0 Å². The van der Waals surface area contributed by atoms with E-state index in [1.54, 1.807) is 6.92 Å². The van der Waals surface area contributed by atoms with Gasteiger partial charge in [-0.2, -0.15) is 31.3 Å².